The number of benzene rings is 2. The van der Waals surface area contributed by atoms with Gasteiger partial charge in [-0.15, -0.1) is 0 Å². The van der Waals surface area contributed by atoms with E-state index in [1.807, 2.05) is 0 Å². The van der Waals surface area contributed by atoms with Gasteiger partial charge in [0, 0.05) is 41.7 Å². The standard InChI is InChI=1S/C24H24F3N3O2/c1-28-22(31)15-10-8-14(9-11-15)21(25)16-5-4-6-18-20(16)17(13-29-18)23(32)30-19-7-2-3-12-24(19,26)27/h4-6,8-11,13,19,21,29H,2-3,7,12H2,1H3,(H,28,31)(H,30,32). The lowest BCUT2D eigenvalue weighted by Crippen LogP contribution is -2.49. The van der Waals surface area contributed by atoms with Crippen LogP contribution in [0.25, 0.3) is 10.9 Å². The van der Waals surface area contributed by atoms with Gasteiger partial charge in [-0.3, -0.25) is 9.59 Å². The lowest BCUT2D eigenvalue weighted by atomic mass is 9.91. The molecule has 0 saturated heterocycles. The summed E-state index contributed by atoms with van der Waals surface area (Å²) < 4.78 is 44.0. The lowest BCUT2D eigenvalue weighted by molar-refractivity contribution is -0.0609. The van der Waals surface area contributed by atoms with Gasteiger partial charge in [0.15, 0.2) is 6.17 Å². The molecule has 2 amide bonds. The number of hydrogen-bond donors (Lipinski definition) is 3. The average molecular weight is 443 g/mol. The van der Waals surface area contributed by atoms with Gasteiger partial charge in [0.25, 0.3) is 17.7 Å². The lowest BCUT2D eigenvalue weighted by Gasteiger charge is -2.31. The fraction of sp³-hybridized carbons (Fsp3) is 0.333. The van der Waals surface area contributed by atoms with E-state index >= 15 is 4.39 Å². The Morgan fingerprint density at radius 3 is 2.53 bits per heavy atom. The Bertz CT molecular complexity index is 1140. The highest BCUT2D eigenvalue weighted by Crippen LogP contribution is 2.36. The van der Waals surface area contributed by atoms with E-state index in [-0.39, 0.29) is 29.9 Å². The number of fused-ring (bicyclic) bond motifs is 1. The summed E-state index contributed by atoms with van der Waals surface area (Å²) in [6, 6.07) is 9.78. The summed E-state index contributed by atoms with van der Waals surface area (Å²) in [5.41, 5.74) is 1.62. The van der Waals surface area contributed by atoms with E-state index in [9.17, 15) is 18.4 Å². The average Bonchev–Trinajstić information content (AvgIpc) is 3.24. The van der Waals surface area contributed by atoms with Crippen LogP contribution in [0.2, 0.25) is 0 Å². The van der Waals surface area contributed by atoms with E-state index in [1.54, 1.807) is 18.2 Å². The summed E-state index contributed by atoms with van der Waals surface area (Å²) in [7, 11) is 1.51. The van der Waals surface area contributed by atoms with Crippen LogP contribution in [0.15, 0.2) is 48.7 Å². The molecular weight excluding hydrogens is 419 g/mol. The smallest absolute Gasteiger partial charge is 0.267 e. The maximum atomic E-state index is 15.5. The highest BCUT2D eigenvalue weighted by atomic mass is 19.3. The second-order valence-electron chi connectivity index (χ2n) is 8.07. The number of halogens is 3. The topological polar surface area (TPSA) is 74.0 Å². The van der Waals surface area contributed by atoms with Gasteiger partial charge in [0.05, 0.1) is 11.6 Å². The molecule has 1 fully saturated rings. The predicted molar refractivity (Wildman–Crippen MR) is 116 cm³/mol. The molecule has 2 unspecified atom stereocenters. The van der Waals surface area contributed by atoms with E-state index in [0.717, 1.165) is 0 Å². The number of amides is 2. The van der Waals surface area contributed by atoms with E-state index in [4.69, 9.17) is 0 Å². The number of alkyl halides is 3. The number of H-pyrrole nitrogens is 1. The minimum atomic E-state index is -2.96. The molecule has 3 aromatic rings. The van der Waals surface area contributed by atoms with Crippen LogP contribution in [0.4, 0.5) is 13.2 Å². The van der Waals surface area contributed by atoms with Crippen LogP contribution in [0, 0.1) is 0 Å². The van der Waals surface area contributed by atoms with Gasteiger partial charge in [0.2, 0.25) is 0 Å². The molecule has 168 valence electrons. The summed E-state index contributed by atoms with van der Waals surface area (Å²) >= 11 is 0. The third-order valence-corrected chi connectivity index (χ3v) is 6.02. The minimum absolute atomic E-state index is 0.126. The molecule has 0 spiro atoms. The van der Waals surface area contributed by atoms with Gasteiger partial charge in [-0.25, -0.2) is 13.2 Å². The molecule has 5 nitrogen and oxygen atoms in total. The first-order valence-corrected chi connectivity index (χ1v) is 10.6. The first kappa shape index (κ1) is 21.9. The van der Waals surface area contributed by atoms with Crippen LogP contribution in [-0.4, -0.2) is 35.8 Å². The first-order chi connectivity index (χ1) is 15.3. The summed E-state index contributed by atoms with van der Waals surface area (Å²) in [5, 5.41) is 5.32. The SMILES string of the molecule is CNC(=O)c1ccc(C(F)c2cccc3[nH]cc(C(=O)NC4CCCCC4(F)F)c23)cc1. The van der Waals surface area contributed by atoms with Gasteiger partial charge in [-0.05, 0) is 36.6 Å². The molecule has 3 N–H and O–H groups in total. The van der Waals surface area contributed by atoms with Gasteiger partial charge in [-0.2, -0.15) is 0 Å². The van der Waals surface area contributed by atoms with E-state index < -0.39 is 24.0 Å². The van der Waals surface area contributed by atoms with Crippen molar-refractivity contribution in [1.29, 1.82) is 0 Å². The zero-order chi connectivity index (χ0) is 22.9. The monoisotopic (exact) mass is 443 g/mol. The molecule has 1 heterocycles. The number of carbonyl (C=O) groups excluding carboxylic acids is 2. The predicted octanol–water partition coefficient (Wildman–Crippen LogP) is 4.89. The Hall–Kier alpha value is -3.29. The van der Waals surface area contributed by atoms with Crippen LogP contribution in [0.3, 0.4) is 0 Å². The minimum Gasteiger partial charge on any atom is -0.360 e. The molecule has 1 saturated carbocycles. The van der Waals surface area contributed by atoms with Gasteiger partial charge < -0.3 is 15.6 Å². The zero-order valence-electron chi connectivity index (χ0n) is 17.6. The van der Waals surface area contributed by atoms with Crippen LogP contribution < -0.4 is 10.6 Å². The van der Waals surface area contributed by atoms with Gasteiger partial charge in [-0.1, -0.05) is 30.7 Å². The molecule has 4 rings (SSSR count). The number of aromatic nitrogens is 1. The number of carbonyl (C=O) groups is 2. The second-order valence-corrected chi connectivity index (χ2v) is 8.07. The maximum absolute atomic E-state index is 15.5. The molecular formula is C24H24F3N3O2. The zero-order valence-corrected chi connectivity index (χ0v) is 17.6. The molecule has 32 heavy (non-hydrogen) atoms. The Kier molecular flexibility index (Phi) is 5.95. The van der Waals surface area contributed by atoms with Gasteiger partial charge >= 0.3 is 0 Å². The Morgan fingerprint density at radius 2 is 1.84 bits per heavy atom. The molecule has 0 bridgehead atoms. The third-order valence-electron chi connectivity index (χ3n) is 6.02. The number of nitrogens with one attached hydrogen (secondary N) is 3. The third kappa shape index (κ3) is 4.09. The van der Waals surface area contributed by atoms with Crippen LogP contribution in [0.1, 0.15) is 63.7 Å². The van der Waals surface area contributed by atoms with Crippen LogP contribution >= 0.6 is 0 Å². The number of rotatable bonds is 5. The highest BCUT2D eigenvalue weighted by Gasteiger charge is 2.42. The summed E-state index contributed by atoms with van der Waals surface area (Å²) in [5.74, 6) is -3.89. The molecule has 1 aliphatic carbocycles. The van der Waals surface area contributed by atoms with Crippen molar-refractivity contribution in [3.05, 3.63) is 70.9 Å². The largest absolute Gasteiger partial charge is 0.360 e. The number of hydrogen-bond acceptors (Lipinski definition) is 2. The van der Waals surface area contributed by atoms with E-state index in [2.05, 4.69) is 15.6 Å². The van der Waals surface area contributed by atoms with Crippen LogP contribution in [-0.2, 0) is 0 Å². The van der Waals surface area contributed by atoms with Crippen LogP contribution in [0.5, 0.6) is 0 Å². The fourth-order valence-corrected chi connectivity index (χ4v) is 4.24. The van der Waals surface area contributed by atoms with Crippen molar-refractivity contribution >= 4 is 22.7 Å². The first-order valence-electron chi connectivity index (χ1n) is 10.6. The van der Waals surface area contributed by atoms with Crippen molar-refractivity contribution in [2.75, 3.05) is 7.05 Å². The molecule has 0 radical (unpaired) electrons. The highest BCUT2D eigenvalue weighted by molar-refractivity contribution is 6.08. The molecule has 8 heteroatoms. The van der Waals surface area contributed by atoms with Crippen molar-refractivity contribution in [3.8, 4) is 0 Å². The normalized spacial score (nSPS) is 18.8. The molecule has 2 atom stereocenters. The van der Waals surface area contributed by atoms with Crippen molar-refractivity contribution in [3.63, 3.8) is 0 Å². The number of aromatic amines is 1. The molecule has 1 aliphatic rings. The summed E-state index contributed by atoms with van der Waals surface area (Å²) in [4.78, 5) is 27.6. The molecule has 2 aromatic carbocycles. The Morgan fingerprint density at radius 1 is 1.09 bits per heavy atom. The quantitative estimate of drug-likeness (QED) is 0.525. The van der Waals surface area contributed by atoms with Crippen molar-refractivity contribution in [2.45, 2.75) is 43.8 Å². The summed E-state index contributed by atoms with van der Waals surface area (Å²) in [6.45, 7) is 0. The Labute approximate surface area is 183 Å². The second kappa shape index (κ2) is 8.68. The van der Waals surface area contributed by atoms with Crippen molar-refractivity contribution in [1.82, 2.24) is 15.6 Å². The van der Waals surface area contributed by atoms with E-state index in [0.29, 0.717) is 34.9 Å². The fourth-order valence-electron chi connectivity index (χ4n) is 4.24. The van der Waals surface area contributed by atoms with Crippen molar-refractivity contribution in [2.24, 2.45) is 0 Å². The summed E-state index contributed by atoms with van der Waals surface area (Å²) in [6.07, 6.45) is 0.853. The van der Waals surface area contributed by atoms with Crippen molar-refractivity contribution < 1.29 is 22.8 Å². The Balaban J connectivity index is 1.66. The molecule has 1 aromatic heterocycles. The maximum Gasteiger partial charge on any atom is 0.267 e. The molecule has 0 aliphatic heterocycles. The van der Waals surface area contributed by atoms with E-state index in [1.165, 1.54) is 37.5 Å². The van der Waals surface area contributed by atoms with Gasteiger partial charge in [0.1, 0.15) is 0 Å².